The van der Waals surface area contributed by atoms with E-state index in [0.717, 1.165) is 25.8 Å². The van der Waals surface area contributed by atoms with Crippen molar-refractivity contribution in [3.63, 3.8) is 0 Å². The van der Waals surface area contributed by atoms with Gasteiger partial charge in [0.15, 0.2) is 0 Å². The zero-order chi connectivity index (χ0) is 14.6. The highest BCUT2D eigenvalue weighted by atomic mass is 32.2. The van der Waals surface area contributed by atoms with Gasteiger partial charge in [0.05, 0.1) is 4.90 Å². The molecule has 0 aliphatic carbocycles. The van der Waals surface area contributed by atoms with Gasteiger partial charge in [-0.1, -0.05) is 26.0 Å². The van der Waals surface area contributed by atoms with E-state index < -0.39 is 10.0 Å². The van der Waals surface area contributed by atoms with Gasteiger partial charge in [-0.15, -0.1) is 0 Å². The summed E-state index contributed by atoms with van der Waals surface area (Å²) >= 11 is 0. The highest BCUT2D eigenvalue weighted by Crippen LogP contribution is 2.15. The Kier molecular flexibility index (Phi) is 5.18. The van der Waals surface area contributed by atoms with Crippen LogP contribution in [0.15, 0.2) is 29.2 Å². The van der Waals surface area contributed by atoms with Gasteiger partial charge in [-0.25, -0.2) is 13.1 Å². The van der Waals surface area contributed by atoms with Crippen LogP contribution in [0.5, 0.6) is 0 Å². The van der Waals surface area contributed by atoms with Gasteiger partial charge >= 0.3 is 0 Å². The minimum atomic E-state index is -3.40. The molecule has 2 rings (SSSR count). The third-order valence-corrected chi connectivity index (χ3v) is 5.03. The second-order valence-corrected chi connectivity index (χ2v) is 7.62. The van der Waals surface area contributed by atoms with E-state index >= 15 is 0 Å². The predicted octanol–water partition coefficient (Wildman–Crippen LogP) is 1.92. The van der Waals surface area contributed by atoms with E-state index in [1.54, 1.807) is 12.1 Å². The van der Waals surface area contributed by atoms with Crippen molar-refractivity contribution in [1.29, 1.82) is 0 Å². The van der Waals surface area contributed by atoms with E-state index in [1.807, 2.05) is 12.1 Å². The minimum Gasteiger partial charge on any atom is -0.315 e. The summed E-state index contributed by atoms with van der Waals surface area (Å²) in [5, 5.41) is 3.21. The first-order valence-electron chi connectivity index (χ1n) is 7.29. The molecule has 0 amide bonds. The SMILES string of the molecule is CC(C)Cc1ccc(S(=O)(=O)N[C@@H]2CCCNC2)cc1. The first-order valence-corrected chi connectivity index (χ1v) is 8.77. The summed E-state index contributed by atoms with van der Waals surface area (Å²) in [6.07, 6.45) is 2.89. The standard InChI is InChI=1S/C15H24N2O2S/c1-12(2)10-13-5-7-15(8-6-13)20(18,19)17-14-4-3-9-16-11-14/h5-8,12,14,16-17H,3-4,9-11H2,1-2H3/t14-/m1/s1. The molecule has 0 bridgehead atoms. The summed E-state index contributed by atoms with van der Waals surface area (Å²) in [4.78, 5) is 0.357. The van der Waals surface area contributed by atoms with E-state index in [2.05, 4.69) is 23.9 Å². The topological polar surface area (TPSA) is 58.2 Å². The van der Waals surface area contributed by atoms with Crippen LogP contribution < -0.4 is 10.0 Å². The largest absolute Gasteiger partial charge is 0.315 e. The van der Waals surface area contributed by atoms with Crippen molar-refractivity contribution < 1.29 is 8.42 Å². The van der Waals surface area contributed by atoms with Crippen molar-refractivity contribution in [3.8, 4) is 0 Å². The molecule has 1 heterocycles. The molecule has 0 aromatic heterocycles. The molecular formula is C15H24N2O2S. The second-order valence-electron chi connectivity index (χ2n) is 5.91. The van der Waals surface area contributed by atoms with Crippen LogP contribution in [0, 0.1) is 5.92 Å². The number of hydrogen-bond acceptors (Lipinski definition) is 3. The molecule has 1 aromatic carbocycles. The van der Waals surface area contributed by atoms with Gasteiger partial charge in [0.2, 0.25) is 10.0 Å². The van der Waals surface area contributed by atoms with Crippen molar-refractivity contribution in [2.24, 2.45) is 5.92 Å². The van der Waals surface area contributed by atoms with Crippen LogP contribution in [0.25, 0.3) is 0 Å². The Morgan fingerprint density at radius 3 is 2.55 bits per heavy atom. The second kappa shape index (κ2) is 6.70. The molecule has 0 unspecified atom stereocenters. The molecule has 0 saturated carbocycles. The van der Waals surface area contributed by atoms with E-state index in [1.165, 1.54) is 5.56 Å². The molecule has 4 nitrogen and oxygen atoms in total. The van der Waals surface area contributed by atoms with Crippen LogP contribution in [0.1, 0.15) is 32.3 Å². The Hall–Kier alpha value is -0.910. The summed E-state index contributed by atoms with van der Waals surface area (Å²) in [7, 11) is -3.40. The van der Waals surface area contributed by atoms with Crippen molar-refractivity contribution in [1.82, 2.24) is 10.0 Å². The van der Waals surface area contributed by atoms with Crippen LogP contribution in [0.4, 0.5) is 0 Å². The quantitative estimate of drug-likeness (QED) is 0.873. The Bertz CT molecular complexity index is 517. The molecule has 2 N–H and O–H groups in total. The molecular weight excluding hydrogens is 272 g/mol. The summed E-state index contributed by atoms with van der Waals surface area (Å²) in [6, 6.07) is 7.23. The molecule has 1 saturated heterocycles. The fraction of sp³-hybridized carbons (Fsp3) is 0.600. The van der Waals surface area contributed by atoms with E-state index in [0.29, 0.717) is 17.4 Å². The monoisotopic (exact) mass is 296 g/mol. The number of piperidine rings is 1. The van der Waals surface area contributed by atoms with Gasteiger partial charge in [-0.2, -0.15) is 0 Å². The van der Waals surface area contributed by atoms with Crippen LogP contribution in [0.3, 0.4) is 0 Å². The van der Waals surface area contributed by atoms with Crippen molar-refractivity contribution in [3.05, 3.63) is 29.8 Å². The van der Waals surface area contributed by atoms with Crippen LogP contribution >= 0.6 is 0 Å². The molecule has 20 heavy (non-hydrogen) atoms. The molecule has 112 valence electrons. The number of rotatable bonds is 5. The predicted molar refractivity (Wildman–Crippen MR) is 81.2 cm³/mol. The van der Waals surface area contributed by atoms with Crippen molar-refractivity contribution in [2.75, 3.05) is 13.1 Å². The fourth-order valence-electron chi connectivity index (χ4n) is 2.52. The van der Waals surface area contributed by atoms with Gasteiger partial charge < -0.3 is 5.32 Å². The highest BCUT2D eigenvalue weighted by Gasteiger charge is 2.21. The number of hydrogen-bond donors (Lipinski definition) is 2. The maximum atomic E-state index is 12.3. The average molecular weight is 296 g/mol. The van der Waals surface area contributed by atoms with Gasteiger partial charge in [0.25, 0.3) is 0 Å². The number of benzene rings is 1. The first-order chi connectivity index (χ1) is 9.47. The first kappa shape index (κ1) is 15.5. The Labute approximate surface area is 122 Å². The van der Waals surface area contributed by atoms with Gasteiger partial charge in [-0.05, 0) is 49.4 Å². The Morgan fingerprint density at radius 2 is 2.00 bits per heavy atom. The number of nitrogens with one attached hydrogen (secondary N) is 2. The lowest BCUT2D eigenvalue weighted by atomic mass is 10.0. The lowest BCUT2D eigenvalue weighted by molar-refractivity contribution is 0.428. The maximum absolute atomic E-state index is 12.3. The molecule has 5 heteroatoms. The van der Waals surface area contributed by atoms with Crippen molar-refractivity contribution >= 4 is 10.0 Å². The molecule has 0 spiro atoms. The summed E-state index contributed by atoms with van der Waals surface area (Å²) in [6.45, 7) is 6.00. The smallest absolute Gasteiger partial charge is 0.240 e. The lowest BCUT2D eigenvalue weighted by Gasteiger charge is -2.23. The molecule has 1 aliphatic heterocycles. The summed E-state index contributed by atoms with van der Waals surface area (Å²) < 4.78 is 27.4. The highest BCUT2D eigenvalue weighted by molar-refractivity contribution is 7.89. The van der Waals surface area contributed by atoms with Gasteiger partial charge in [0.1, 0.15) is 0 Å². The normalized spacial score (nSPS) is 20.2. The minimum absolute atomic E-state index is 0.00379. The fourth-order valence-corrected chi connectivity index (χ4v) is 3.79. The van der Waals surface area contributed by atoms with E-state index in [4.69, 9.17) is 0 Å². The molecule has 1 fully saturated rings. The summed E-state index contributed by atoms with van der Waals surface area (Å²) in [5.41, 5.74) is 1.18. The van der Waals surface area contributed by atoms with E-state index in [-0.39, 0.29) is 6.04 Å². The zero-order valence-electron chi connectivity index (χ0n) is 12.2. The third kappa shape index (κ3) is 4.30. The molecule has 1 atom stereocenters. The molecule has 1 aliphatic rings. The molecule has 1 aromatic rings. The van der Waals surface area contributed by atoms with Crippen LogP contribution in [0.2, 0.25) is 0 Å². The van der Waals surface area contributed by atoms with Crippen LogP contribution in [-0.4, -0.2) is 27.5 Å². The Morgan fingerprint density at radius 1 is 1.30 bits per heavy atom. The van der Waals surface area contributed by atoms with E-state index in [9.17, 15) is 8.42 Å². The van der Waals surface area contributed by atoms with Gasteiger partial charge in [0, 0.05) is 12.6 Å². The number of sulfonamides is 1. The van der Waals surface area contributed by atoms with Crippen LogP contribution in [-0.2, 0) is 16.4 Å². The maximum Gasteiger partial charge on any atom is 0.240 e. The Balaban J connectivity index is 2.04. The van der Waals surface area contributed by atoms with Gasteiger partial charge in [-0.3, -0.25) is 0 Å². The third-order valence-electron chi connectivity index (χ3n) is 3.50. The summed E-state index contributed by atoms with van der Waals surface area (Å²) in [5.74, 6) is 0.573. The average Bonchev–Trinajstić information content (AvgIpc) is 2.39. The van der Waals surface area contributed by atoms with Crippen molar-refractivity contribution in [2.45, 2.75) is 44.0 Å². The lowest BCUT2D eigenvalue weighted by Crippen LogP contribution is -2.45. The molecule has 0 radical (unpaired) electrons. The zero-order valence-corrected chi connectivity index (χ0v) is 13.0.